The van der Waals surface area contributed by atoms with Crippen LogP contribution >= 0.6 is 22.7 Å². The molecule has 1 aliphatic carbocycles. The largest absolute Gasteiger partial charge is 0.391 e. The van der Waals surface area contributed by atoms with Crippen molar-refractivity contribution >= 4 is 38.8 Å². The Kier molecular flexibility index (Phi) is 5.33. The lowest BCUT2D eigenvalue weighted by molar-refractivity contribution is 0.0868. The maximum absolute atomic E-state index is 12.8. The average molecular weight is 436 g/mol. The van der Waals surface area contributed by atoms with Gasteiger partial charge < -0.3 is 10.4 Å². The number of carbonyl (C=O) groups is 1. The number of hydrogen-bond acceptors (Lipinski definition) is 6. The fourth-order valence-electron chi connectivity index (χ4n) is 3.99. The molecule has 0 aliphatic heterocycles. The van der Waals surface area contributed by atoms with Crippen LogP contribution in [0.15, 0.2) is 52.7 Å². The number of pyridine rings is 1. The second-order valence-corrected chi connectivity index (χ2v) is 9.26. The second kappa shape index (κ2) is 8.26. The summed E-state index contributed by atoms with van der Waals surface area (Å²) >= 11 is 3.23. The SMILES string of the molecule is O=C(N[C@H]1CCC[C@@H]1O)c1cc(Cc2ccc(-c3cscn3)cc2)c2sccc2n1. The molecular weight excluding hydrogens is 414 g/mol. The van der Waals surface area contributed by atoms with Crippen LogP contribution in [0.5, 0.6) is 0 Å². The summed E-state index contributed by atoms with van der Waals surface area (Å²) in [6.07, 6.45) is 2.75. The zero-order chi connectivity index (χ0) is 20.5. The summed E-state index contributed by atoms with van der Waals surface area (Å²) in [6.45, 7) is 0. The highest BCUT2D eigenvalue weighted by atomic mass is 32.1. The summed E-state index contributed by atoms with van der Waals surface area (Å²) in [6, 6.07) is 12.1. The lowest BCUT2D eigenvalue weighted by Crippen LogP contribution is -2.40. The monoisotopic (exact) mass is 435 g/mol. The number of fused-ring (bicyclic) bond motifs is 1. The van der Waals surface area contributed by atoms with E-state index in [1.165, 1.54) is 5.56 Å². The fraction of sp³-hybridized carbons (Fsp3) is 0.261. The van der Waals surface area contributed by atoms with Crippen molar-refractivity contribution in [2.45, 2.75) is 37.8 Å². The van der Waals surface area contributed by atoms with E-state index >= 15 is 0 Å². The van der Waals surface area contributed by atoms with E-state index < -0.39 is 6.10 Å². The third kappa shape index (κ3) is 3.88. The molecule has 3 aromatic heterocycles. The predicted molar refractivity (Wildman–Crippen MR) is 121 cm³/mol. The number of amides is 1. The molecule has 2 atom stereocenters. The van der Waals surface area contributed by atoms with E-state index in [0.29, 0.717) is 5.69 Å². The van der Waals surface area contributed by atoms with Gasteiger partial charge in [0.1, 0.15) is 5.69 Å². The number of thiazole rings is 1. The van der Waals surface area contributed by atoms with Crippen LogP contribution < -0.4 is 5.32 Å². The van der Waals surface area contributed by atoms with E-state index in [1.807, 2.05) is 28.4 Å². The Labute approximate surface area is 182 Å². The number of carbonyl (C=O) groups excluding carboxylic acids is 1. The molecule has 1 aliphatic rings. The van der Waals surface area contributed by atoms with Crippen LogP contribution in [0.25, 0.3) is 21.5 Å². The Morgan fingerprint density at radius 1 is 1.20 bits per heavy atom. The standard InChI is InChI=1S/C23H21N3O2S2/c27-21-3-1-2-17(21)26-23(28)19-11-16(22-18(25-19)8-9-30-22)10-14-4-6-15(7-5-14)20-12-29-13-24-20/h4-9,11-13,17,21,27H,1-3,10H2,(H,26,28)/t17-,21-/m0/s1. The summed E-state index contributed by atoms with van der Waals surface area (Å²) in [5.74, 6) is -0.214. The summed E-state index contributed by atoms with van der Waals surface area (Å²) in [5.41, 5.74) is 7.45. The van der Waals surface area contributed by atoms with E-state index in [4.69, 9.17) is 0 Å². The first kappa shape index (κ1) is 19.4. The summed E-state index contributed by atoms with van der Waals surface area (Å²) in [7, 11) is 0. The second-order valence-electron chi connectivity index (χ2n) is 7.63. The number of aromatic nitrogens is 2. The van der Waals surface area contributed by atoms with E-state index in [2.05, 4.69) is 39.6 Å². The molecule has 3 heterocycles. The molecule has 0 bridgehead atoms. The Morgan fingerprint density at radius 2 is 2.07 bits per heavy atom. The highest BCUT2D eigenvalue weighted by molar-refractivity contribution is 7.17. The van der Waals surface area contributed by atoms with Gasteiger partial charge in [0.25, 0.3) is 5.91 Å². The lowest BCUT2D eigenvalue weighted by atomic mass is 10.0. The van der Waals surface area contributed by atoms with Crippen LogP contribution in [-0.2, 0) is 6.42 Å². The van der Waals surface area contributed by atoms with Crippen LogP contribution in [-0.4, -0.2) is 33.1 Å². The highest BCUT2D eigenvalue weighted by Gasteiger charge is 2.27. The topological polar surface area (TPSA) is 75.1 Å². The van der Waals surface area contributed by atoms with Gasteiger partial charge in [0.2, 0.25) is 0 Å². The third-order valence-electron chi connectivity index (χ3n) is 5.59. The Hall–Kier alpha value is -2.61. The first-order valence-corrected chi connectivity index (χ1v) is 11.8. The van der Waals surface area contributed by atoms with Crippen molar-refractivity contribution in [2.24, 2.45) is 0 Å². The first-order chi connectivity index (χ1) is 14.7. The van der Waals surface area contributed by atoms with Gasteiger partial charge in [0.05, 0.1) is 33.6 Å². The van der Waals surface area contributed by atoms with Gasteiger partial charge in [-0.05, 0) is 54.3 Å². The maximum Gasteiger partial charge on any atom is 0.270 e. The molecule has 5 rings (SSSR count). The molecule has 2 N–H and O–H groups in total. The molecule has 1 fully saturated rings. The first-order valence-electron chi connectivity index (χ1n) is 10.0. The number of hydrogen-bond donors (Lipinski definition) is 2. The fourth-order valence-corrected chi connectivity index (χ4v) is 5.40. The number of benzene rings is 1. The maximum atomic E-state index is 12.8. The third-order valence-corrected chi connectivity index (χ3v) is 7.16. The number of aliphatic hydroxyl groups excluding tert-OH is 1. The van der Waals surface area contributed by atoms with Crippen molar-refractivity contribution in [1.82, 2.24) is 15.3 Å². The molecule has 0 radical (unpaired) electrons. The Morgan fingerprint density at radius 3 is 2.80 bits per heavy atom. The smallest absolute Gasteiger partial charge is 0.270 e. The molecule has 0 spiro atoms. The van der Waals surface area contributed by atoms with Gasteiger partial charge in [-0.1, -0.05) is 24.3 Å². The molecule has 5 nitrogen and oxygen atoms in total. The van der Waals surface area contributed by atoms with Gasteiger partial charge >= 0.3 is 0 Å². The van der Waals surface area contributed by atoms with Crippen LogP contribution in [0.3, 0.4) is 0 Å². The molecule has 30 heavy (non-hydrogen) atoms. The molecular formula is C23H21N3O2S2. The zero-order valence-corrected chi connectivity index (χ0v) is 17.9. The van der Waals surface area contributed by atoms with E-state index in [9.17, 15) is 9.90 Å². The Balaban J connectivity index is 1.41. The van der Waals surface area contributed by atoms with Crippen molar-refractivity contribution in [1.29, 1.82) is 0 Å². The zero-order valence-electron chi connectivity index (χ0n) is 16.2. The summed E-state index contributed by atoms with van der Waals surface area (Å²) in [5, 5.41) is 17.0. The lowest BCUT2D eigenvalue weighted by Gasteiger charge is -2.16. The minimum Gasteiger partial charge on any atom is -0.391 e. The number of rotatable bonds is 5. The predicted octanol–water partition coefficient (Wildman–Crippen LogP) is 4.65. The van der Waals surface area contributed by atoms with Crippen LogP contribution in [0.2, 0.25) is 0 Å². The number of thiophene rings is 1. The van der Waals surface area contributed by atoms with Crippen molar-refractivity contribution in [3.8, 4) is 11.3 Å². The van der Waals surface area contributed by atoms with Gasteiger partial charge in [-0.25, -0.2) is 9.97 Å². The molecule has 1 saturated carbocycles. The number of aliphatic hydroxyl groups is 1. The number of nitrogens with one attached hydrogen (secondary N) is 1. The number of nitrogens with zero attached hydrogens (tertiary/aromatic N) is 2. The van der Waals surface area contributed by atoms with Gasteiger partial charge in [-0.2, -0.15) is 0 Å². The van der Waals surface area contributed by atoms with Gasteiger partial charge in [-0.3, -0.25) is 4.79 Å². The molecule has 1 aromatic carbocycles. The van der Waals surface area contributed by atoms with Gasteiger partial charge in [-0.15, -0.1) is 22.7 Å². The Bertz CT molecular complexity index is 1170. The summed E-state index contributed by atoms with van der Waals surface area (Å²) in [4.78, 5) is 21.7. The van der Waals surface area contributed by atoms with Crippen LogP contribution in [0.1, 0.15) is 40.9 Å². The van der Waals surface area contributed by atoms with Crippen molar-refractivity contribution < 1.29 is 9.90 Å². The van der Waals surface area contributed by atoms with E-state index in [1.54, 1.807) is 22.7 Å². The molecule has 4 aromatic rings. The molecule has 7 heteroatoms. The molecule has 152 valence electrons. The summed E-state index contributed by atoms with van der Waals surface area (Å²) < 4.78 is 1.11. The average Bonchev–Trinajstić information content (AvgIpc) is 3.51. The van der Waals surface area contributed by atoms with Crippen LogP contribution in [0, 0.1) is 0 Å². The van der Waals surface area contributed by atoms with Gasteiger partial charge in [0, 0.05) is 10.9 Å². The molecule has 0 unspecified atom stereocenters. The van der Waals surface area contributed by atoms with Gasteiger partial charge in [0.15, 0.2) is 0 Å². The van der Waals surface area contributed by atoms with Crippen molar-refractivity contribution in [3.05, 3.63) is 69.5 Å². The molecule has 1 amide bonds. The van der Waals surface area contributed by atoms with Crippen LogP contribution in [0.4, 0.5) is 0 Å². The van der Waals surface area contributed by atoms with E-state index in [-0.39, 0.29) is 11.9 Å². The minimum atomic E-state index is -0.463. The normalized spacial score (nSPS) is 18.7. The highest BCUT2D eigenvalue weighted by Crippen LogP contribution is 2.28. The van der Waals surface area contributed by atoms with Crippen molar-refractivity contribution in [2.75, 3.05) is 0 Å². The molecule has 0 saturated heterocycles. The van der Waals surface area contributed by atoms with E-state index in [0.717, 1.165) is 52.7 Å². The minimum absolute atomic E-state index is 0.181. The quantitative estimate of drug-likeness (QED) is 0.478. The van der Waals surface area contributed by atoms with Crippen molar-refractivity contribution in [3.63, 3.8) is 0 Å².